The first-order chi connectivity index (χ1) is 16.3. The summed E-state index contributed by atoms with van der Waals surface area (Å²) in [7, 11) is 0. The monoisotopic (exact) mass is 476 g/mol. The molecule has 2 heterocycles. The molecule has 3 aromatic rings. The van der Waals surface area contributed by atoms with E-state index in [1.165, 1.54) is 11.3 Å². The third-order valence-corrected chi connectivity index (χ3v) is 7.05. The fourth-order valence-electron chi connectivity index (χ4n) is 4.20. The second-order valence-corrected chi connectivity index (χ2v) is 9.57. The van der Waals surface area contributed by atoms with Crippen molar-refractivity contribution >= 4 is 40.5 Å². The van der Waals surface area contributed by atoms with Crippen LogP contribution in [0.1, 0.15) is 41.8 Å². The number of piperidine rings is 1. The van der Waals surface area contributed by atoms with Crippen LogP contribution in [-0.4, -0.2) is 23.9 Å². The average molecular weight is 477 g/mol. The van der Waals surface area contributed by atoms with Gasteiger partial charge in [-0.25, -0.2) is 0 Å². The van der Waals surface area contributed by atoms with Crippen LogP contribution in [0.15, 0.2) is 66.0 Å². The van der Waals surface area contributed by atoms with Gasteiger partial charge in [0.1, 0.15) is 0 Å². The second kappa shape index (κ2) is 10.2. The molecule has 1 aromatic heterocycles. The molecular formula is C27H28N2O4S. The largest absolute Gasteiger partial charge is 0.452 e. The van der Waals surface area contributed by atoms with E-state index in [1.54, 1.807) is 17.9 Å². The molecule has 0 spiro atoms. The summed E-state index contributed by atoms with van der Waals surface area (Å²) >= 11 is 1.50. The Morgan fingerprint density at radius 2 is 1.79 bits per heavy atom. The fourth-order valence-corrected chi connectivity index (χ4v) is 5.08. The number of hydrogen-bond acceptors (Lipinski definition) is 5. The first-order valence-corrected chi connectivity index (χ1v) is 12.2. The first-order valence-electron chi connectivity index (χ1n) is 11.3. The zero-order valence-corrected chi connectivity index (χ0v) is 20.3. The van der Waals surface area contributed by atoms with Gasteiger partial charge in [-0.05, 0) is 62.4 Å². The van der Waals surface area contributed by atoms with Gasteiger partial charge in [0.15, 0.2) is 6.10 Å². The molecule has 7 heteroatoms. The highest BCUT2D eigenvalue weighted by Gasteiger charge is 2.43. The van der Waals surface area contributed by atoms with Crippen molar-refractivity contribution in [1.29, 1.82) is 0 Å². The molecule has 1 fully saturated rings. The Morgan fingerprint density at radius 3 is 2.47 bits per heavy atom. The quantitative estimate of drug-likeness (QED) is 0.482. The Morgan fingerprint density at radius 1 is 1.06 bits per heavy atom. The highest BCUT2D eigenvalue weighted by molar-refractivity contribution is 7.10. The van der Waals surface area contributed by atoms with Gasteiger partial charge in [0.2, 0.25) is 5.91 Å². The molecule has 6 nitrogen and oxygen atoms in total. The van der Waals surface area contributed by atoms with Crippen LogP contribution >= 0.6 is 11.3 Å². The lowest BCUT2D eigenvalue weighted by molar-refractivity contribution is -0.159. The van der Waals surface area contributed by atoms with Crippen LogP contribution in [0.3, 0.4) is 0 Å². The Labute approximate surface area is 203 Å². The van der Waals surface area contributed by atoms with Crippen molar-refractivity contribution in [3.8, 4) is 0 Å². The molecule has 34 heavy (non-hydrogen) atoms. The van der Waals surface area contributed by atoms with Gasteiger partial charge in [0.05, 0.1) is 12.0 Å². The topological polar surface area (TPSA) is 75.7 Å². The summed E-state index contributed by atoms with van der Waals surface area (Å²) < 4.78 is 5.65. The molecule has 3 atom stereocenters. The lowest BCUT2D eigenvalue weighted by Gasteiger charge is -2.40. The lowest BCUT2D eigenvalue weighted by atomic mass is 9.87. The van der Waals surface area contributed by atoms with Gasteiger partial charge in [0, 0.05) is 22.7 Å². The van der Waals surface area contributed by atoms with E-state index in [2.05, 4.69) is 5.32 Å². The van der Waals surface area contributed by atoms with Crippen LogP contribution in [0.4, 0.5) is 11.4 Å². The SMILES string of the molecule is Cc1ccc(N2C(=O)CCC(C(=O)OC(C)C(=O)Nc3ccccc3C)C2c2cccs2)cc1. The number of nitrogens with one attached hydrogen (secondary N) is 1. The molecule has 176 valence electrons. The zero-order valence-electron chi connectivity index (χ0n) is 19.5. The molecule has 0 aliphatic carbocycles. The number of nitrogens with zero attached hydrogens (tertiary/aromatic N) is 1. The normalized spacial score (nSPS) is 18.9. The Bertz CT molecular complexity index is 1170. The number of anilines is 2. The molecule has 0 saturated carbocycles. The minimum Gasteiger partial charge on any atom is -0.452 e. The predicted octanol–water partition coefficient (Wildman–Crippen LogP) is 5.42. The Kier molecular flexibility index (Phi) is 7.12. The maximum absolute atomic E-state index is 13.3. The van der Waals surface area contributed by atoms with E-state index >= 15 is 0 Å². The van der Waals surface area contributed by atoms with Crippen molar-refractivity contribution in [3.05, 3.63) is 82.0 Å². The van der Waals surface area contributed by atoms with Crippen molar-refractivity contribution in [2.24, 2.45) is 5.92 Å². The summed E-state index contributed by atoms with van der Waals surface area (Å²) in [6.07, 6.45) is -0.366. The third kappa shape index (κ3) is 5.04. The molecule has 1 aliphatic rings. The van der Waals surface area contributed by atoms with Crippen molar-refractivity contribution in [2.75, 3.05) is 10.2 Å². The van der Waals surface area contributed by atoms with E-state index in [1.807, 2.05) is 73.8 Å². The van der Waals surface area contributed by atoms with E-state index in [4.69, 9.17) is 4.74 Å². The van der Waals surface area contributed by atoms with Gasteiger partial charge in [-0.3, -0.25) is 14.4 Å². The van der Waals surface area contributed by atoms with Gasteiger partial charge in [0.25, 0.3) is 5.91 Å². The summed E-state index contributed by atoms with van der Waals surface area (Å²) in [6.45, 7) is 5.45. The maximum Gasteiger partial charge on any atom is 0.312 e. The standard InChI is InChI=1S/C27H28N2O4S/c1-17-10-12-20(13-11-17)29-24(30)15-14-21(25(29)23-9-6-16-34-23)27(32)33-19(3)26(31)28-22-8-5-4-7-18(22)2/h4-13,16,19,21,25H,14-15H2,1-3H3,(H,28,31). The number of aryl methyl sites for hydroxylation is 2. The number of ether oxygens (including phenoxy) is 1. The molecule has 2 amide bonds. The zero-order chi connectivity index (χ0) is 24.2. The van der Waals surface area contributed by atoms with E-state index in [9.17, 15) is 14.4 Å². The van der Waals surface area contributed by atoms with E-state index in [0.29, 0.717) is 12.1 Å². The maximum atomic E-state index is 13.3. The smallest absolute Gasteiger partial charge is 0.312 e. The number of carbonyl (C=O) groups is 3. The number of carbonyl (C=O) groups excluding carboxylic acids is 3. The first kappa shape index (κ1) is 23.7. The average Bonchev–Trinajstić information content (AvgIpc) is 3.35. The number of thiophene rings is 1. The van der Waals surface area contributed by atoms with Gasteiger partial charge in [-0.15, -0.1) is 11.3 Å². The van der Waals surface area contributed by atoms with Crippen LogP contribution in [0.2, 0.25) is 0 Å². The molecule has 0 radical (unpaired) electrons. The number of hydrogen-bond donors (Lipinski definition) is 1. The minimum absolute atomic E-state index is 0.0309. The second-order valence-electron chi connectivity index (χ2n) is 8.59. The molecule has 4 rings (SSSR count). The summed E-state index contributed by atoms with van der Waals surface area (Å²) in [5.41, 5.74) is 3.44. The summed E-state index contributed by atoms with van der Waals surface area (Å²) in [5.74, 6) is -1.48. The van der Waals surface area contributed by atoms with E-state index in [0.717, 1.165) is 21.7 Å². The minimum atomic E-state index is -0.971. The van der Waals surface area contributed by atoms with Crippen molar-refractivity contribution in [2.45, 2.75) is 45.8 Å². The molecule has 3 unspecified atom stereocenters. The van der Waals surface area contributed by atoms with Crippen molar-refractivity contribution in [3.63, 3.8) is 0 Å². The Balaban J connectivity index is 1.55. The number of rotatable bonds is 6. The van der Waals surface area contributed by atoms with Crippen molar-refractivity contribution in [1.82, 2.24) is 0 Å². The molecule has 2 aromatic carbocycles. The van der Waals surface area contributed by atoms with E-state index < -0.39 is 29.9 Å². The number of benzene rings is 2. The van der Waals surface area contributed by atoms with Crippen molar-refractivity contribution < 1.29 is 19.1 Å². The van der Waals surface area contributed by atoms with Gasteiger partial charge in [-0.2, -0.15) is 0 Å². The van der Waals surface area contributed by atoms with Crippen LogP contribution < -0.4 is 10.2 Å². The summed E-state index contributed by atoms with van der Waals surface area (Å²) in [5, 5.41) is 4.76. The fraction of sp³-hybridized carbons (Fsp3) is 0.296. The molecule has 1 aliphatic heterocycles. The van der Waals surface area contributed by atoms with Gasteiger partial charge < -0.3 is 15.0 Å². The third-order valence-electron chi connectivity index (χ3n) is 6.11. The summed E-state index contributed by atoms with van der Waals surface area (Å²) in [4.78, 5) is 41.7. The highest BCUT2D eigenvalue weighted by Crippen LogP contribution is 2.42. The highest BCUT2D eigenvalue weighted by atomic mass is 32.1. The van der Waals surface area contributed by atoms with Gasteiger partial charge in [-0.1, -0.05) is 42.0 Å². The number of esters is 1. The molecule has 1 saturated heterocycles. The molecule has 1 N–H and O–H groups in total. The van der Waals surface area contributed by atoms with Crippen LogP contribution in [0, 0.1) is 19.8 Å². The molecular weight excluding hydrogens is 448 g/mol. The van der Waals surface area contributed by atoms with Gasteiger partial charge >= 0.3 is 5.97 Å². The van der Waals surface area contributed by atoms with E-state index in [-0.39, 0.29) is 12.3 Å². The lowest BCUT2D eigenvalue weighted by Crippen LogP contribution is -2.46. The predicted molar refractivity (Wildman–Crippen MR) is 134 cm³/mol. The Hall–Kier alpha value is -3.45. The van der Waals surface area contributed by atoms with Crippen LogP contribution in [0.25, 0.3) is 0 Å². The summed E-state index contributed by atoms with van der Waals surface area (Å²) in [6, 6.07) is 18.5. The van der Waals surface area contributed by atoms with Crippen LogP contribution in [0.5, 0.6) is 0 Å². The van der Waals surface area contributed by atoms with Crippen LogP contribution in [-0.2, 0) is 19.1 Å². The molecule has 0 bridgehead atoms. The number of amides is 2. The number of para-hydroxylation sites is 1.